The third kappa shape index (κ3) is 1.90. The van der Waals surface area contributed by atoms with Gasteiger partial charge in [-0.25, -0.2) is 0 Å². The fraction of sp³-hybridized carbons (Fsp3) is 0.833. The molecule has 2 fully saturated rings. The number of hydrogen-bond acceptors (Lipinski definition) is 2. The minimum atomic E-state index is -1.07. The van der Waals surface area contributed by atoms with Crippen molar-refractivity contribution in [3.63, 3.8) is 0 Å². The predicted octanol–water partition coefficient (Wildman–Crippen LogP) is 1.85. The van der Waals surface area contributed by atoms with Crippen LogP contribution in [0.3, 0.4) is 0 Å². The molecule has 6 heteroatoms. The highest BCUT2D eigenvalue weighted by Crippen LogP contribution is 2.42. The first-order valence-corrected chi connectivity index (χ1v) is 7.05. The van der Waals surface area contributed by atoms with Crippen LogP contribution >= 0.6 is 23.2 Å². The molecule has 0 saturated carbocycles. The summed E-state index contributed by atoms with van der Waals surface area (Å²) in [5, 5.41) is 0. The van der Waals surface area contributed by atoms with Crippen LogP contribution in [0, 0.1) is 11.8 Å². The van der Waals surface area contributed by atoms with Crippen LogP contribution in [0.2, 0.25) is 0 Å². The van der Waals surface area contributed by atoms with E-state index in [0.717, 1.165) is 0 Å². The van der Waals surface area contributed by atoms with Crippen molar-refractivity contribution in [2.45, 2.75) is 37.7 Å². The van der Waals surface area contributed by atoms with Gasteiger partial charge >= 0.3 is 0 Å². The lowest BCUT2D eigenvalue weighted by Crippen LogP contribution is -2.67. The Kier molecular flexibility index (Phi) is 3.54. The fourth-order valence-electron chi connectivity index (χ4n) is 3.08. The van der Waals surface area contributed by atoms with Crippen LogP contribution < -0.4 is 0 Å². The molecule has 0 radical (unpaired) electrons. The fourth-order valence-corrected chi connectivity index (χ4v) is 3.31. The Balaban J connectivity index is 2.38. The van der Waals surface area contributed by atoms with E-state index in [1.165, 1.54) is 0 Å². The van der Waals surface area contributed by atoms with Crippen molar-refractivity contribution in [2.75, 3.05) is 13.1 Å². The highest BCUT2D eigenvalue weighted by molar-refractivity contribution is 6.53. The number of nitrogens with zero attached hydrogens (tertiary/aromatic N) is 2. The molecule has 2 saturated heterocycles. The average molecular weight is 293 g/mol. The van der Waals surface area contributed by atoms with Crippen LogP contribution in [0.1, 0.15) is 27.2 Å². The third-order valence-electron chi connectivity index (χ3n) is 4.25. The maximum Gasteiger partial charge on any atom is 0.257 e. The Morgan fingerprint density at radius 3 is 2.56 bits per heavy atom. The molecule has 3 unspecified atom stereocenters. The molecule has 2 rings (SSSR count). The number of hydrogen-bond donors (Lipinski definition) is 0. The number of rotatable bonds is 1. The van der Waals surface area contributed by atoms with E-state index in [4.69, 9.17) is 23.2 Å². The molecular formula is C12H18Cl2N2O2. The highest BCUT2D eigenvalue weighted by Gasteiger charge is 2.55. The Labute approximate surface area is 117 Å². The summed E-state index contributed by atoms with van der Waals surface area (Å²) in [5.41, 5.74) is -0.581. The topological polar surface area (TPSA) is 40.6 Å². The molecular weight excluding hydrogens is 275 g/mol. The van der Waals surface area contributed by atoms with E-state index in [1.807, 2.05) is 20.8 Å². The highest BCUT2D eigenvalue weighted by atomic mass is 35.5. The van der Waals surface area contributed by atoms with Gasteiger partial charge in [0.05, 0.1) is 0 Å². The summed E-state index contributed by atoms with van der Waals surface area (Å²) >= 11 is 11.4. The molecule has 2 aliphatic heterocycles. The zero-order chi connectivity index (χ0) is 13.7. The molecule has 4 nitrogen and oxygen atoms in total. The van der Waals surface area contributed by atoms with E-state index in [-0.39, 0.29) is 23.7 Å². The molecule has 0 aromatic heterocycles. The Morgan fingerprint density at radius 2 is 2.00 bits per heavy atom. The zero-order valence-electron chi connectivity index (χ0n) is 10.8. The van der Waals surface area contributed by atoms with Gasteiger partial charge in [-0.05, 0) is 12.8 Å². The van der Waals surface area contributed by atoms with Crippen LogP contribution in [-0.4, -0.2) is 45.2 Å². The number of fused-ring (bicyclic) bond motifs is 1. The Bertz CT molecular complexity index is 388. The summed E-state index contributed by atoms with van der Waals surface area (Å²) in [6, 6.07) is 0. The standard InChI is InChI=1S/C12H18Cl2N2O2/c1-7-5-15-9(17)4-8(2)12(15,3)16(6-7)11(18)10(13)14/h7-8,10H,4-6H2,1-3H3. The van der Waals surface area contributed by atoms with Crippen molar-refractivity contribution in [1.29, 1.82) is 0 Å². The molecule has 3 atom stereocenters. The van der Waals surface area contributed by atoms with Gasteiger partial charge in [0.25, 0.3) is 5.91 Å². The van der Waals surface area contributed by atoms with Crippen molar-refractivity contribution in [3.05, 3.63) is 0 Å². The smallest absolute Gasteiger partial charge is 0.257 e. The second kappa shape index (κ2) is 4.57. The van der Waals surface area contributed by atoms with E-state index < -0.39 is 10.5 Å². The average Bonchev–Trinajstić information content (AvgIpc) is 2.50. The van der Waals surface area contributed by atoms with Crippen LogP contribution in [0.5, 0.6) is 0 Å². The van der Waals surface area contributed by atoms with Crippen molar-refractivity contribution in [1.82, 2.24) is 9.80 Å². The van der Waals surface area contributed by atoms with E-state index in [0.29, 0.717) is 19.5 Å². The molecule has 0 aromatic carbocycles. The minimum absolute atomic E-state index is 0.0912. The summed E-state index contributed by atoms with van der Waals surface area (Å²) in [5.74, 6) is 0.130. The first-order chi connectivity index (χ1) is 8.28. The van der Waals surface area contributed by atoms with Gasteiger partial charge in [0.2, 0.25) is 5.91 Å². The van der Waals surface area contributed by atoms with Gasteiger partial charge in [0, 0.05) is 25.4 Å². The Morgan fingerprint density at radius 1 is 1.39 bits per heavy atom. The van der Waals surface area contributed by atoms with Gasteiger partial charge in [-0.15, -0.1) is 0 Å². The normalized spacial score (nSPS) is 36.2. The summed E-state index contributed by atoms with van der Waals surface area (Å²) in [4.78, 5) is 26.6. The van der Waals surface area contributed by atoms with Gasteiger partial charge in [-0.3, -0.25) is 9.59 Å². The molecule has 18 heavy (non-hydrogen) atoms. The summed E-state index contributed by atoms with van der Waals surface area (Å²) in [6.45, 7) is 7.24. The Hall–Kier alpha value is -0.480. The second-order valence-electron chi connectivity index (χ2n) is 5.56. The van der Waals surface area contributed by atoms with Gasteiger partial charge < -0.3 is 9.80 Å². The predicted molar refractivity (Wildman–Crippen MR) is 70.3 cm³/mol. The first kappa shape index (κ1) is 13.9. The summed E-state index contributed by atoms with van der Waals surface area (Å²) in [6.07, 6.45) is 0.474. The maximum atomic E-state index is 12.2. The zero-order valence-corrected chi connectivity index (χ0v) is 12.3. The monoisotopic (exact) mass is 292 g/mol. The van der Waals surface area contributed by atoms with Crippen molar-refractivity contribution < 1.29 is 9.59 Å². The summed E-state index contributed by atoms with van der Waals surface area (Å²) < 4.78 is 0. The lowest BCUT2D eigenvalue weighted by atomic mass is 9.90. The number of amides is 2. The van der Waals surface area contributed by atoms with Crippen molar-refractivity contribution >= 4 is 35.0 Å². The van der Waals surface area contributed by atoms with E-state index in [1.54, 1.807) is 9.80 Å². The molecule has 2 amide bonds. The van der Waals surface area contributed by atoms with E-state index in [2.05, 4.69) is 0 Å². The number of carbonyl (C=O) groups excluding carboxylic acids is 2. The van der Waals surface area contributed by atoms with Gasteiger partial charge in [-0.1, -0.05) is 37.0 Å². The lowest BCUT2D eigenvalue weighted by Gasteiger charge is -2.52. The van der Waals surface area contributed by atoms with Gasteiger partial charge in [0.15, 0.2) is 4.84 Å². The molecule has 0 N–H and O–H groups in total. The molecule has 102 valence electrons. The largest absolute Gasteiger partial charge is 0.319 e. The maximum absolute atomic E-state index is 12.2. The van der Waals surface area contributed by atoms with Gasteiger partial charge in [-0.2, -0.15) is 0 Å². The number of carbonyl (C=O) groups is 2. The van der Waals surface area contributed by atoms with Crippen LogP contribution in [0.25, 0.3) is 0 Å². The van der Waals surface area contributed by atoms with Crippen LogP contribution in [-0.2, 0) is 9.59 Å². The molecule has 2 aliphatic rings. The molecule has 0 spiro atoms. The van der Waals surface area contributed by atoms with Gasteiger partial charge in [0.1, 0.15) is 5.66 Å². The first-order valence-electron chi connectivity index (χ1n) is 6.18. The molecule has 0 aliphatic carbocycles. The van der Waals surface area contributed by atoms with Crippen LogP contribution in [0.15, 0.2) is 0 Å². The van der Waals surface area contributed by atoms with Crippen molar-refractivity contribution in [2.24, 2.45) is 11.8 Å². The number of halogens is 2. The molecule has 0 bridgehead atoms. The second-order valence-corrected chi connectivity index (χ2v) is 6.65. The third-order valence-corrected chi connectivity index (χ3v) is 4.62. The quantitative estimate of drug-likeness (QED) is 0.692. The van der Waals surface area contributed by atoms with E-state index in [9.17, 15) is 9.59 Å². The molecule has 2 heterocycles. The minimum Gasteiger partial charge on any atom is -0.319 e. The summed E-state index contributed by atoms with van der Waals surface area (Å²) in [7, 11) is 0. The SMILES string of the molecule is CC1CN2C(=O)CC(C)C2(C)N(C(=O)C(Cl)Cl)C1. The molecule has 0 aromatic rings. The van der Waals surface area contributed by atoms with Crippen LogP contribution in [0.4, 0.5) is 0 Å². The van der Waals surface area contributed by atoms with Crippen molar-refractivity contribution in [3.8, 4) is 0 Å². The van der Waals surface area contributed by atoms with E-state index >= 15 is 0 Å². The lowest BCUT2D eigenvalue weighted by molar-refractivity contribution is -0.161. The number of alkyl halides is 2.